The molecule has 0 spiro atoms. The van der Waals surface area contributed by atoms with Gasteiger partial charge in [0.15, 0.2) is 0 Å². The van der Waals surface area contributed by atoms with Gasteiger partial charge in [-0.15, -0.1) is 0 Å². The lowest BCUT2D eigenvalue weighted by Crippen LogP contribution is -2.19. The van der Waals surface area contributed by atoms with Crippen molar-refractivity contribution in [2.75, 3.05) is 52.9 Å². The maximum absolute atomic E-state index is 7.10. The summed E-state index contributed by atoms with van der Waals surface area (Å²) in [5.41, 5.74) is 16.2. The van der Waals surface area contributed by atoms with E-state index in [0.717, 1.165) is 48.7 Å². The van der Waals surface area contributed by atoms with E-state index in [9.17, 15) is 0 Å². The highest BCUT2D eigenvalue weighted by Gasteiger charge is 2.30. The van der Waals surface area contributed by atoms with Crippen LogP contribution in [0.3, 0.4) is 0 Å². The summed E-state index contributed by atoms with van der Waals surface area (Å²) >= 11 is 0. The maximum atomic E-state index is 7.10. The van der Waals surface area contributed by atoms with Gasteiger partial charge in [-0.1, -0.05) is 126 Å². The molecule has 5 aliphatic carbocycles. The average molecular weight is 893 g/mol. The molecule has 0 N–H and O–H groups in total. The molecule has 11 rings (SSSR count). The van der Waals surface area contributed by atoms with Crippen LogP contribution in [0.4, 0.5) is 0 Å². The quantitative estimate of drug-likeness (QED) is 0.179. The van der Waals surface area contributed by atoms with Crippen molar-refractivity contribution in [3.05, 3.63) is 115 Å². The summed E-state index contributed by atoms with van der Waals surface area (Å²) in [7, 11) is 0. The molecule has 0 amide bonds. The smallest absolute Gasteiger partial charge is 0.126 e. The van der Waals surface area contributed by atoms with E-state index < -0.39 is 0 Å². The largest absolute Gasteiger partial charge is 0.491 e. The topological polar surface area (TPSA) is 55.4 Å². The van der Waals surface area contributed by atoms with Crippen molar-refractivity contribution < 1.29 is 28.4 Å². The van der Waals surface area contributed by atoms with Crippen molar-refractivity contribution in [1.82, 2.24) is 0 Å². The molecule has 6 heteroatoms. The molecule has 7 aliphatic rings. The van der Waals surface area contributed by atoms with Crippen LogP contribution in [0.25, 0.3) is 0 Å². The summed E-state index contributed by atoms with van der Waals surface area (Å²) in [5.74, 6) is 6.37. The van der Waals surface area contributed by atoms with Gasteiger partial charge in [0.25, 0.3) is 0 Å². The average Bonchev–Trinajstić information content (AvgIpc) is 3.35. The summed E-state index contributed by atoms with van der Waals surface area (Å²) in [4.78, 5) is 0. The standard InChI is InChI=1S/C60H76O6/c1-5-13-41(14-6-1)45-29-49-37-50-30-46(42-15-7-2-8-16-42)35-55-40-56-36-48(44-19-11-4-12-20-44)32-52-38-51-31-47(43-17-9-3-10-18-43)34-54(59(51)65-27-23-62-24-28-66-60(52)56)39-53(33-45)57(49)63-25-21-61-22-26-64-58(50)55/h29-36,41-44H,1-28,37-40H2. The Morgan fingerprint density at radius 3 is 0.636 bits per heavy atom. The minimum atomic E-state index is 0.512. The predicted molar refractivity (Wildman–Crippen MR) is 264 cm³/mol. The van der Waals surface area contributed by atoms with E-state index in [2.05, 4.69) is 48.5 Å². The van der Waals surface area contributed by atoms with E-state index in [1.54, 1.807) is 0 Å². The van der Waals surface area contributed by atoms with Gasteiger partial charge < -0.3 is 28.4 Å². The first kappa shape index (κ1) is 44.5. The van der Waals surface area contributed by atoms with Crippen molar-refractivity contribution in [2.24, 2.45) is 0 Å². The van der Waals surface area contributed by atoms with Gasteiger partial charge in [-0.2, -0.15) is 0 Å². The first-order valence-electron chi connectivity index (χ1n) is 27.0. The lowest BCUT2D eigenvalue weighted by molar-refractivity contribution is 0.0744. The number of ether oxygens (including phenoxy) is 6. The molecule has 2 heterocycles. The third-order valence-electron chi connectivity index (χ3n) is 16.8. The van der Waals surface area contributed by atoms with Crippen molar-refractivity contribution in [3.63, 3.8) is 0 Å². The number of hydrogen-bond donors (Lipinski definition) is 0. The fourth-order valence-electron chi connectivity index (χ4n) is 13.4. The van der Waals surface area contributed by atoms with Gasteiger partial charge in [-0.05, 0) is 142 Å². The Kier molecular flexibility index (Phi) is 14.2. The Morgan fingerprint density at radius 1 is 0.242 bits per heavy atom. The molecular weight excluding hydrogens is 817 g/mol. The van der Waals surface area contributed by atoms with Gasteiger partial charge in [0.1, 0.15) is 49.4 Å². The fourth-order valence-corrected chi connectivity index (χ4v) is 13.4. The summed E-state index contributed by atoms with van der Waals surface area (Å²) in [6, 6.07) is 20.4. The van der Waals surface area contributed by atoms with Crippen LogP contribution in [-0.4, -0.2) is 52.9 Å². The molecule has 0 saturated heterocycles. The highest BCUT2D eigenvalue weighted by molar-refractivity contribution is 5.59. The maximum Gasteiger partial charge on any atom is 0.126 e. The molecule has 4 aromatic carbocycles. The molecule has 4 fully saturated rings. The van der Waals surface area contributed by atoms with E-state index >= 15 is 0 Å². The van der Waals surface area contributed by atoms with Crippen LogP contribution in [0, 0.1) is 0 Å². The van der Waals surface area contributed by atoms with Gasteiger partial charge in [0.05, 0.1) is 26.4 Å². The van der Waals surface area contributed by atoms with Crippen molar-refractivity contribution in [3.8, 4) is 23.0 Å². The number of benzene rings is 4. The zero-order chi connectivity index (χ0) is 44.1. The SMILES string of the molecule is c1c(C2CCCCC2)cc2c3c1Cc1cc(C4CCCCC4)cc(c1OCCOCCO3)Cc1cc(C3CCCCC3)cc3c1OCCOCCOc1c(cc(C4CCCCC4)cc1C2)C3. The summed E-state index contributed by atoms with van der Waals surface area (Å²) in [6.45, 7) is 4.16. The zero-order valence-corrected chi connectivity index (χ0v) is 40.0. The van der Waals surface area contributed by atoms with Gasteiger partial charge in [-0.3, -0.25) is 0 Å². The van der Waals surface area contributed by atoms with E-state index in [0.29, 0.717) is 76.5 Å². The van der Waals surface area contributed by atoms with Crippen LogP contribution < -0.4 is 18.9 Å². The fraction of sp³-hybridized carbons (Fsp3) is 0.600. The molecule has 4 aromatic rings. The van der Waals surface area contributed by atoms with Crippen LogP contribution >= 0.6 is 0 Å². The molecule has 12 bridgehead atoms. The minimum absolute atomic E-state index is 0.512. The van der Waals surface area contributed by atoms with Gasteiger partial charge >= 0.3 is 0 Å². The number of rotatable bonds is 4. The third kappa shape index (κ3) is 10.1. The molecule has 6 nitrogen and oxygen atoms in total. The van der Waals surface area contributed by atoms with Crippen LogP contribution in [0.1, 0.15) is 219 Å². The molecule has 2 aliphatic heterocycles. The first-order valence-corrected chi connectivity index (χ1v) is 27.0. The second-order valence-corrected chi connectivity index (χ2v) is 21.3. The predicted octanol–water partition coefficient (Wildman–Crippen LogP) is 14.1. The third-order valence-corrected chi connectivity index (χ3v) is 16.8. The molecular formula is C60H76O6. The van der Waals surface area contributed by atoms with Crippen molar-refractivity contribution in [1.29, 1.82) is 0 Å². The zero-order valence-electron chi connectivity index (χ0n) is 40.0. The summed E-state index contributed by atoms with van der Waals surface area (Å²) < 4.78 is 41.0. The van der Waals surface area contributed by atoms with Gasteiger partial charge in [-0.25, -0.2) is 0 Å². The van der Waals surface area contributed by atoms with E-state index in [1.807, 2.05) is 0 Å². The number of hydrogen-bond acceptors (Lipinski definition) is 6. The minimum Gasteiger partial charge on any atom is -0.491 e. The molecule has 352 valence electrons. The van der Waals surface area contributed by atoms with E-state index in [1.165, 1.54) is 195 Å². The molecule has 0 radical (unpaired) electrons. The lowest BCUT2D eigenvalue weighted by atomic mass is 9.79. The molecule has 0 atom stereocenters. The summed E-state index contributed by atoms with van der Waals surface area (Å²) in [6.07, 6.45) is 28.9. The Bertz CT molecular complexity index is 1970. The van der Waals surface area contributed by atoms with Crippen LogP contribution in [0.2, 0.25) is 0 Å². The lowest BCUT2D eigenvalue weighted by Gasteiger charge is -2.29. The Hall–Kier alpha value is -4.00. The van der Waals surface area contributed by atoms with Crippen LogP contribution in [0.15, 0.2) is 48.5 Å². The van der Waals surface area contributed by atoms with Crippen LogP contribution in [0.5, 0.6) is 23.0 Å². The van der Waals surface area contributed by atoms with E-state index in [4.69, 9.17) is 28.4 Å². The Balaban J connectivity index is 1.19. The second kappa shape index (κ2) is 21.1. The van der Waals surface area contributed by atoms with Crippen LogP contribution in [-0.2, 0) is 35.2 Å². The van der Waals surface area contributed by atoms with Crippen molar-refractivity contribution in [2.45, 2.75) is 178 Å². The first-order chi connectivity index (χ1) is 32.7. The van der Waals surface area contributed by atoms with Crippen molar-refractivity contribution >= 4 is 0 Å². The highest BCUT2D eigenvalue weighted by Crippen LogP contribution is 2.47. The summed E-state index contributed by atoms with van der Waals surface area (Å²) in [5, 5.41) is 0. The molecule has 0 aromatic heterocycles. The molecule has 4 saturated carbocycles. The molecule has 0 unspecified atom stereocenters. The Morgan fingerprint density at radius 2 is 0.439 bits per heavy atom. The highest BCUT2D eigenvalue weighted by atomic mass is 16.6. The molecule has 66 heavy (non-hydrogen) atoms. The Labute approximate surface area is 395 Å². The van der Waals surface area contributed by atoms with E-state index in [-0.39, 0.29) is 0 Å². The normalized spacial score (nSPS) is 21.9. The van der Waals surface area contributed by atoms with Gasteiger partial charge in [0.2, 0.25) is 0 Å². The second-order valence-electron chi connectivity index (χ2n) is 21.3. The van der Waals surface area contributed by atoms with Gasteiger partial charge in [0, 0.05) is 25.7 Å². The monoisotopic (exact) mass is 893 g/mol.